The van der Waals surface area contributed by atoms with Gasteiger partial charge < -0.3 is 4.74 Å². The van der Waals surface area contributed by atoms with E-state index in [9.17, 15) is 0 Å². The van der Waals surface area contributed by atoms with E-state index in [1.54, 1.807) is 0 Å². The highest BCUT2D eigenvalue weighted by molar-refractivity contribution is 5.91. The van der Waals surface area contributed by atoms with Gasteiger partial charge in [0.25, 0.3) is 5.95 Å². The number of allylic oxidation sites excluding steroid dienone is 1. The quantitative estimate of drug-likeness (QED) is 0.797. The van der Waals surface area contributed by atoms with Crippen molar-refractivity contribution in [2.24, 2.45) is 0 Å². The van der Waals surface area contributed by atoms with Crippen LogP contribution >= 0.6 is 0 Å². The van der Waals surface area contributed by atoms with Gasteiger partial charge in [-0.15, -0.1) is 0 Å². The molecule has 1 aromatic carbocycles. The van der Waals surface area contributed by atoms with Gasteiger partial charge in [0.15, 0.2) is 0 Å². The van der Waals surface area contributed by atoms with Gasteiger partial charge in [0.05, 0.1) is 23.5 Å². The Labute approximate surface area is 142 Å². The fourth-order valence-corrected chi connectivity index (χ4v) is 2.91. The molecule has 0 saturated carbocycles. The number of guanidine groups is 1. The van der Waals surface area contributed by atoms with E-state index in [1.807, 2.05) is 39.0 Å². The summed E-state index contributed by atoms with van der Waals surface area (Å²) in [5.74, 6) is 2.18. The van der Waals surface area contributed by atoms with Crippen molar-refractivity contribution >= 4 is 22.8 Å². The van der Waals surface area contributed by atoms with Crippen LogP contribution in [-0.2, 0) is 0 Å². The second kappa shape index (κ2) is 6.11. The summed E-state index contributed by atoms with van der Waals surface area (Å²) < 4.78 is 5.55. The predicted molar refractivity (Wildman–Crippen MR) is 96.0 cm³/mol. The first-order chi connectivity index (χ1) is 11.4. The number of hydrogen-bond donors (Lipinski definition) is 3. The van der Waals surface area contributed by atoms with E-state index in [-0.39, 0.29) is 5.54 Å². The summed E-state index contributed by atoms with van der Waals surface area (Å²) in [6, 6.07) is 5.88. The summed E-state index contributed by atoms with van der Waals surface area (Å²) in [6.07, 6.45) is 2.14. The zero-order valence-corrected chi connectivity index (χ0v) is 14.8. The number of hydrogen-bond acceptors (Lipinski definition) is 5. The molecule has 6 heteroatoms. The average molecular weight is 326 g/mol. The van der Waals surface area contributed by atoms with Crippen molar-refractivity contribution in [2.75, 3.05) is 11.9 Å². The maximum atomic E-state index is 5.55. The van der Waals surface area contributed by atoms with Crippen molar-refractivity contribution < 1.29 is 9.73 Å². The molecule has 0 unspecified atom stereocenters. The Bertz CT molecular complexity index is 839. The van der Waals surface area contributed by atoms with Crippen LogP contribution in [0.2, 0.25) is 0 Å². The van der Waals surface area contributed by atoms with Crippen LogP contribution in [0.15, 0.2) is 30.0 Å². The van der Waals surface area contributed by atoms with Gasteiger partial charge in [-0.25, -0.2) is 15.6 Å². The topological polar surface area (TPSA) is 73.0 Å². The van der Waals surface area contributed by atoms with Crippen LogP contribution in [0, 0.1) is 6.92 Å². The van der Waals surface area contributed by atoms with Crippen LogP contribution in [0.25, 0.3) is 10.9 Å². The third-order valence-electron chi connectivity index (χ3n) is 3.75. The van der Waals surface area contributed by atoms with E-state index in [0.29, 0.717) is 12.6 Å². The monoisotopic (exact) mass is 326 g/mol. The summed E-state index contributed by atoms with van der Waals surface area (Å²) >= 11 is 0. The first-order valence-electron chi connectivity index (χ1n) is 8.16. The molecule has 0 radical (unpaired) electrons. The normalized spacial score (nSPS) is 16.2. The Balaban J connectivity index is 1.91. The molecule has 0 bridgehead atoms. The summed E-state index contributed by atoms with van der Waals surface area (Å²) in [5, 5.41) is 7.51. The number of aromatic nitrogens is 2. The van der Waals surface area contributed by atoms with Crippen LogP contribution in [-0.4, -0.2) is 28.1 Å². The SMILES string of the molecule is CCOc1ccc2nc(NC3=[NH+]C(C)(C)C=C(C)N3)nc(C)c2c1. The lowest BCUT2D eigenvalue weighted by atomic mass is 10.0. The minimum absolute atomic E-state index is 0.129. The Morgan fingerprint density at radius 2 is 2.04 bits per heavy atom. The van der Waals surface area contributed by atoms with Crippen LogP contribution in [0.1, 0.15) is 33.4 Å². The molecule has 3 N–H and O–H groups in total. The molecule has 3 rings (SSSR count). The van der Waals surface area contributed by atoms with E-state index >= 15 is 0 Å². The molecular formula is C18H24N5O+. The molecule has 1 aromatic heterocycles. The highest BCUT2D eigenvalue weighted by Crippen LogP contribution is 2.22. The van der Waals surface area contributed by atoms with Gasteiger partial charge in [0.1, 0.15) is 11.3 Å². The Kier molecular flexibility index (Phi) is 4.13. The minimum Gasteiger partial charge on any atom is -0.494 e. The molecule has 0 spiro atoms. The number of fused-ring (bicyclic) bond motifs is 1. The van der Waals surface area contributed by atoms with Crippen LogP contribution in [0.4, 0.5) is 5.95 Å². The third-order valence-corrected chi connectivity index (χ3v) is 3.75. The molecular weight excluding hydrogens is 302 g/mol. The Hall–Kier alpha value is -2.63. The maximum absolute atomic E-state index is 5.55. The van der Waals surface area contributed by atoms with Crippen molar-refractivity contribution in [3.63, 3.8) is 0 Å². The average Bonchev–Trinajstić information content (AvgIpc) is 2.46. The van der Waals surface area contributed by atoms with Gasteiger partial charge >= 0.3 is 5.96 Å². The number of rotatable bonds is 3. The zero-order valence-electron chi connectivity index (χ0n) is 14.8. The van der Waals surface area contributed by atoms with Gasteiger partial charge in [-0.2, -0.15) is 4.98 Å². The number of ether oxygens (including phenoxy) is 1. The molecule has 0 atom stereocenters. The van der Waals surface area contributed by atoms with Gasteiger partial charge in [-0.05, 0) is 58.9 Å². The number of benzene rings is 1. The minimum atomic E-state index is -0.129. The van der Waals surface area contributed by atoms with Crippen molar-refractivity contribution in [1.82, 2.24) is 15.3 Å². The summed E-state index contributed by atoms with van der Waals surface area (Å²) in [6.45, 7) is 10.9. The van der Waals surface area contributed by atoms with Gasteiger partial charge in [0, 0.05) is 5.39 Å². The van der Waals surface area contributed by atoms with Gasteiger partial charge in [-0.3, -0.25) is 4.99 Å². The lowest BCUT2D eigenvalue weighted by Crippen LogP contribution is -2.89. The molecule has 0 aliphatic carbocycles. The predicted octanol–water partition coefficient (Wildman–Crippen LogP) is 1.47. The third kappa shape index (κ3) is 3.48. The highest BCUT2D eigenvalue weighted by atomic mass is 16.5. The maximum Gasteiger partial charge on any atom is 0.356 e. The first-order valence-corrected chi connectivity index (χ1v) is 8.16. The molecule has 126 valence electrons. The summed E-state index contributed by atoms with van der Waals surface area (Å²) in [5.41, 5.74) is 2.75. The molecule has 0 amide bonds. The van der Waals surface area contributed by atoms with Crippen molar-refractivity contribution in [2.45, 2.75) is 40.2 Å². The molecule has 1 aliphatic heterocycles. The molecule has 2 heterocycles. The zero-order chi connectivity index (χ0) is 17.3. The standard InChI is InChI=1S/C18H23N5O/c1-6-24-13-7-8-15-14(9-13)12(3)20-16(21-15)22-17-19-11(2)10-18(4,5)23-17/h7-10H,6H2,1-5H3,(H2,19,20,21,22,23)/p+1. The number of nitrogens with zero attached hydrogens (tertiary/aromatic N) is 2. The Morgan fingerprint density at radius 1 is 1.25 bits per heavy atom. The van der Waals surface area contributed by atoms with Gasteiger partial charge in [0.2, 0.25) is 0 Å². The molecule has 2 aromatic rings. The largest absolute Gasteiger partial charge is 0.494 e. The van der Waals surface area contributed by atoms with E-state index in [1.165, 1.54) is 0 Å². The van der Waals surface area contributed by atoms with E-state index in [2.05, 4.69) is 45.5 Å². The van der Waals surface area contributed by atoms with Crippen molar-refractivity contribution in [3.05, 3.63) is 35.7 Å². The van der Waals surface area contributed by atoms with Crippen molar-refractivity contribution in [3.8, 4) is 5.75 Å². The van der Waals surface area contributed by atoms with E-state index < -0.39 is 0 Å². The van der Waals surface area contributed by atoms with Crippen LogP contribution in [0.5, 0.6) is 5.75 Å². The molecule has 6 nitrogen and oxygen atoms in total. The highest BCUT2D eigenvalue weighted by Gasteiger charge is 2.25. The Morgan fingerprint density at radius 3 is 2.75 bits per heavy atom. The number of nitrogens with one attached hydrogen (secondary N) is 3. The van der Waals surface area contributed by atoms with Crippen LogP contribution in [0.3, 0.4) is 0 Å². The summed E-state index contributed by atoms with van der Waals surface area (Å²) in [4.78, 5) is 12.6. The molecule has 1 aliphatic rings. The molecule has 0 saturated heterocycles. The van der Waals surface area contributed by atoms with Crippen LogP contribution < -0.4 is 20.4 Å². The second-order valence-electron chi connectivity index (χ2n) is 6.54. The smallest absolute Gasteiger partial charge is 0.356 e. The van der Waals surface area contributed by atoms with E-state index in [0.717, 1.165) is 34.0 Å². The lowest BCUT2D eigenvalue weighted by molar-refractivity contribution is -0.531. The number of aryl methyl sites for hydroxylation is 1. The van der Waals surface area contributed by atoms with Crippen molar-refractivity contribution in [1.29, 1.82) is 0 Å². The van der Waals surface area contributed by atoms with Gasteiger partial charge in [-0.1, -0.05) is 0 Å². The molecule has 0 fully saturated rings. The lowest BCUT2D eigenvalue weighted by Gasteiger charge is -2.21. The fourth-order valence-electron chi connectivity index (χ4n) is 2.91. The number of anilines is 1. The molecule has 24 heavy (non-hydrogen) atoms. The summed E-state index contributed by atoms with van der Waals surface area (Å²) in [7, 11) is 0. The fraction of sp³-hybridized carbons (Fsp3) is 0.389. The van der Waals surface area contributed by atoms with E-state index in [4.69, 9.17) is 4.74 Å². The second-order valence-corrected chi connectivity index (χ2v) is 6.54. The first kappa shape index (κ1) is 16.2.